The van der Waals surface area contributed by atoms with Gasteiger partial charge in [-0.3, -0.25) is 9.59 Å². The highest BCUT2D eigenvalue weighted by Gasteiger charge is 2.04. The van der Waals surface area contributed by atoms with E-state index in [1.807, 2.05) is 55.5 Å². The molecule has 2 amide bonds. The van der Waals surface area contributed by atoms with Gasteiger partial charge in [-0.1, -0.05) is 24.3 Å². The maximum absolute atomic E-state index is 11.9. The van der Waals surface area contributed by atoms with Crippen LogP contribution in [0.2, 0.25) is 0 Å². The van der Waals surface area contributed by atoms with E-state index in [0.29, 0.717) is 25.3 Å². The number of nitrogens with one attached hydrogen (secondary N) is 2. The molecule has 0 heterocycles. The highest BCUT2D eigenvalue weighted by Crippen LogP contribution is 2.13. The molecule has 2 aromatic rings. The molecule has 26 heavy (non-hydrogen) atoms. The number of hydrogen-bond donors (Lipinski definition) is 3. The Bertz CT molecular complexity index is 729. The fourth-order valence-corrected chi connectivity index (χ4v) is 2.39. The second kappa shape index (κ2) is 10.2. The van der Waals surface area contributed by atoms with Crippen LogP contribution >= 0.6 is 0 Å². The fourth-order valence-electron chi connectivity index (χ4n) is 2.39. The van der Waals surface area contributed by atoms with Gasteiger partial charge in [0.2, 0.25) is 5.91 Å². The smallest absolute Gasteiger partial charge is 0.262 e. The van der Waals surface area contributed by atoms with Gasteiger partial charge in [-0.2, -0.15) is 0 Å². The van der Waals surface area contributed by atoms with Crippen LogP contribution in [0.3, 0.4) is 0 Å². The number of carbonyl (C=O) groups excluding carboxylic acids is 2. The van der Waals surface area contributed by atoms with Gasteiger partial charge in [-0.25, -0.2) is 0 Å². The van der Waals surface area contributed by atoms with Crippen LogP contribution < -0.4 is 21.1 Å². The molecule has 2 rings (SSSR count). The lowest BCUT2D eigenvalue weighted by molar-refractivity contribution is -0.121. The summed E-state index contributed by atoms with van der Waals surface area (Å²) in [6.07, 6.45) is 1.07. The van der Waals surface area contributed by atoms with E-state index in [-0.39, 0.29) is 18.4 Å². The summed E-state index contributed by atoms with van der Waals surface area (Å²) in [6.45, 7) is 2.84. The number of anilines is 1. The molecular weight excluding hydrogens is 330 g/mol. The number of aryl methyl sites for hydroxylation is 1. The molecule has 0 unspecified atom stereocenters. The lowest BCUT2D eigenvalue weighted by Crippen LogP contribution is -2.27. The molecule has 0 saturated heterocycles. The molecule has 138 valence electrons. The second-order valence-electron chi connectivity index (χ2n) is 5.99. The van der Waals surface area contributed by atoms with Crippen molar-refractivity contribution in [3.8, 4) is 5.75 Å². The molecular formula is C20H25N3O3. The van der Waals surface area contributed by atoms with E-state index < -0.39 is 0 Å². The number of amides is 2. The average molecular weight is 355 g/mol. The molecule has 6 heteroatoms. The van der Waals surface area contributed by atoms with Crippen LogP contribution in [0.4, 0.5) is 5.69 Å². The predicted molar refractivity (Wildman–Crippen MR) is 102 cm³/mol. The summed E-state index contributed by atoms with van der Waals surface area (Å²) in [6, 6.07) is 15.1. The number of nitrogens with two attached hydrogens (primary N) is 1. The standard InChI is InChI=1S/C20H25N3O3/c1-15-3-2-4-17(13-15)23-20(25)14-26-18-7-5-16(6-8-18)10-12-22-19(24)9-11-21/h2-8,13H,9-12,14,21H2,1H3,(H,22,24)(H,23,25). The summed E-state index contributed by atoms with van der Waals surface area (Å²) in [7, 11) is 0. The summed E-state index contributed by atoms with van der Waals surface area (Å²) in [5.74, 6) is 0.384. The quantitative estimate of drug-likeness (QED) is 0.641. The van der Waals surface area contributed by atoms with E-state index in [0.717, 1.165) is 23.2 Å². The zero-order valence-corrected chi connectivity index (χ0v) is 15.0. The zero-order chi connectivity index (χ0) is 18.8. The van der Waals surface area contributed by atoms with E-state index in [1.54, 1.807) is 0 Å². The number of rotatable bonds is 9. The molecule has 0 fully saturated rings. The molecule has 0 aromatic heterocycles. The van der Waals surface area contributed by atoms with Crippen molar-refractivity contribution in [1.29, 1.82) is 0 Å². The van der Waals surface area contributed by atoms with Gasteiger partial charge >= 0.3 is 0 Å². The van der Waals surface area contributed by atoms with Crippen molar-refractivity contribution in [3.63, 3.8) is 0 Å². The molecule has 0 aliphatic carbocycles. The molecule has 0 bridgehead atoms. The first kappa shape index (κ1) is 19.5. The van der Waals surface area contributed by atoms with Gasteiger partial charge in [0.15, 0.2) is 6.61 Å². The van der Waals surface area contributed by atoms with Crippen molar-refractivity contribution >= 4 is 17.5 Å². The Kier molecular flexibility index (Phi) is 7.64. The number of hydrogen-bond acceptors (Lipinski definition) is 4. The topological polar surface area (TPSA) is 93.5 Å². The van der Waals surface area contributed by atoms with Crippen molar-refractivity contribution in [2.75, 3.05) is 25.0 Å². The van der Waals surface area contributed by atoms with Gasteiger partial charge in [-0.05, 0) is 48.7 Å². The summed E-state index contributed by atoms with van der Waals surface area (Å²) >= 11 is 0. The summed E-state index contributed by atoms with van der Waals surface area (Å²) < 4.78 is 5.50. The zero-order valence-electron chi connectivity index (χ0n) is 15.0. The molecule has 4 N–H and O–H groups in total. The number of ether oxygens (including phenoxy) is 1. The minimum absolute atomic E-state index is 0.0351. The largest absolute Gasteiger partial charge is 0.484 e. The van der Waals surface area contributed by atoms with Gasteiger partial charge < -0.3 is 21.1 Å². The number of benzene rings is 2. The van der Waals surface area contributed by atoms with Gasteiger partial charge in [0.05, 0.1) is 0 Å². The van der Waals surface area contributed by atoms with Gasteiger partial charge in [0.1, 0.15) is 5.75 Å². The lowest BCUT2D eigenvalue weighted by Gasteiger charge is -2.09. The highest BCUT2D eigenvalue weighted by atomic mass is 16.5. The molecule has 0 aliphatic heterocycles. The molecule has 0 saturated carbocycles. The SMILES string of the molecule is Cc1cccc(NC(=O)COc2ccc(CCNC(=O)CCN)cc2)c1. The maximum Gasteiger partial charge on any atom is 0.262 e. The Morgan fingerprint density at radius 3 is 2.54 bits per heavy atom. The van der Waals surface area contributed by atoms with Crippen LogP contribution in [0.25, 0.3) is 0 Å². The van der Waals surface area contributed by atoms with Crippen molar-refractivity contribution in [2.24, 2.45) is 5.73 Å². The van der Waals surface area contributed by atoms with Crippen LogP contribution in [0.5, 0.6) is 5.75 Å². The Labute approximate surface area is 153 Å². The monoisotopic (exact) mass is 355 g/mol. The van der Waals surface area contributed by atoms with Crippen molar-refractivity contribution in [1.82, 2.24) is 5.32 Å². The van der Waals surface area contributed by atoms with Crippen LogP contribution in [-0.4, -0.2) is 31.5 Å². The Morgan fingerprint density at radius 1 is 1.08 bits per heavy atom. The van der Waals surface area contributed by atoms with E-state index in [9.17, 15) is 9.59 Å². The summed E-state index contributed by atoms with van der Waals surface area (Å²) in [5.41, 5.74) is 8.24. The van der Waals surface area contributed by atoms with E-state index in [4.69, 9.17) is 10.5 Å². The molecule has 0 radical (unpaired) electrons. The molecule has 0 spiro atoms. The first-order valence-corrected chi connectivity index (χ1v) is 8.62. The highest BCUT2D eigenvalue weighted by molar-refractivity contribution is 5.91. The Hall–Kier alpha value is -2.86. The van der Waals surface area contributed by atoms with Crippen molar-refractivity contribution < 1.29 is 14.3 Å². The van der Waals surface area contributed by atoms with Crippen LogP contribution in [-0.2, 0) is 16.0 Å². The van der Waals surface area contributed by atoms with Crippen LogP contribution in [0.15, 0.2) is 48.5 Å². The first-order chi connectivity index (χ1) is 12.6. The summed E-state index contributed by atoms with van der Waals surface area (Å²) in [5, 5.41) is 5.61. The van der Waals surface area contributed by atoms with E-state index >= 15 is 0 Å². The van der Waals surface area contributed by atoms with Crippen molar-refractivity contribution in [2.45, 2.75) is 19.8 Å². The molecule has 2 aromatic carbocycles. The number of carbonyl (C=O) groups is 2. The van der Waals surface area contributed by atoms with Gasteiger partial charge in [-0.15, -0.1) is 0 Å². The normalized spacial score (nSPS) is 10.2. The van der Waals surface area contributed by atoms with Crippen molar-refractivity contribution in [3.05, 3.63) is 59.7 Å². The minimum Gasteiger partial charge on any atom is -0.484 e. The Balaban J connectivity index is 1.73. The maximum atomic E-state index is 11.9. The van der Waals surface area contributed by atoms with Gasteiger partial charge in [0, 0.05) is 25.2 Å². The molecule has 0 aliphatic rings. The third kappa shape index (κ3) is 6.94. The van der Waals surface area contributed by atoms with Gasteiger partial charge in [0.25, 0.3) is 5.91 Å². The lowest BCUT2D eigenvalue weighted by atomic mass is 10.1. The summed E-state index contributed by atoms with van der Waals surface area (Å²) in [4.78, 5) is 23.3. The van der Waals surface area contributed by atoms with E-state index in [2.05, 4.69) is 10.6 Å². The first-order valence-electron chi connectivity index (χ1n) is 8.62. The minimum atomic E-state index is -0.206. The Morgan fingerprint density at radius 2 is 1.85 bits per heavy atom. The molecule has 0 atom stereocenters. The van der Waals surface area contributed by atoms with Crippen LogP contribution in [0.1, 0.15) is 17.5 Å². The second-order valence-corrected chi connectivity index (χ2v) is 5.99. The third-order valence-corrected chi connectivity index (χ3v) is 3.70. The molecule has 6 nitrogen and oxygen atoms in total. The van der Waals surface area contributed by atoms with Crippen LogP contribution in [0, 0.1) is 6.92 Å². The van der Waals surface area contributed by atoms with E-state index in [1.165, 1.54) is 0 Å². The average Bonchev–Trinajstić information content (AvgIpc) is 2.61. The fraction of sp³-hybridized carbons (Fsp3) is 0.300. The third-order valence-electron chi connectivity index (χ3n) is 3.70. The predicted octanol–water partition coefficient (Wildman–Crippen LogP) is 2.02.